The van der Waals surface area contributed by atoms with Crippen LogP contribution in [0.4, 0.5) is 0 Å². The molecule has 0 amide bonds. The molecule has 0 atom stereocenters. The molecule has 94 valence electrons. The second-order valence-electron chi connectivity index (χ2n) is 4.55. The summed E-state index contributed by atoms with van der Waals surface area (Å²) in [5, 5.41) is 2.19. The van der Waals surface area contributed by atoms with Crippen molar-refractivity contribution in [3.63, 3.8) is 0 Å². The van der Waals surface area contributed by atoms with Crippen LogP contribution >= 0.6 is 0 Å². The predicted molar refractivity (Wildman–Crippen MR) is 75.8 cm³/mol. The lowest BCUT2D eigenvalue weighted by Crippen LogP contribution is -2.02. The zero-order valence-electron chi connectivity index (χ0n) is 10.6. The average molecular weight is 241 g/mol. The average Bonchev–Trinajstić information content (AvgIpc) is 2.43. The van der Waals surface area contributed by atoms with Crippen LogP contribution in [0.5, 0.6) is 0 Å². The third-order valence-electron chi connectivity index (χ3n) is 3.20. The lowest BCUT2D eigenvalue weighted by atomic mass is 9.98. The van der Waals surface area contributed by atoms with Crippen LogP contribution in [-0.2, 0) is 0 Å². The lowest BCUT2D eigenvalue weighted by Gasteiger charge is -2.05. The highest BCUT2D eigenvalue weighted by Crippen LogP contribution is 2.20. The number of unbranched alkanes of at least 4 members (excludes halogenated alkanes) is 2. The van der Waals surface area contributed by atoms with Crippen LogP contribution in [-0.4, -0.2) is 12.3 Å². The minimum absolute atomic E-state index is 0.240. The summed E-state index contributed by atoms with van der Waals surface area (Å²) in [6, 6.07) is 14.0. The Hall–Kier alpha value is -1.67. The first-order chi connectivity index (χ1) is 8.83. The second kappa shape index (κ2) is 6.31. The Balaban J connectivity index is 2.13. The fourth-order valence-electron chi connectivity index (χ4n) is 2.21. The minimum atomic E-state index is 0.240. The highest BCUT2D eigenvalue weighted by molar-refractivity contribution is 6.08. The van der Waals surface area contributed by atoms with Gasteiger partial charge < -0.3 is 5.73 Å². The quantitative estimate of drug-likeness (QED) is 0.621. The van der Waals surface area contributed by atoms with Gasteiger partial charge in [0.05, 0.1) is 0 Å². The van der Waals surface area contributed by atoms with E-state index < -0.39 is 0 Å². The summed E-state index contributed by atoms with van der Waals surface area (Å²) in [7, 11) is 0. The molecular weight excluding hydrogens is 222 g/mol. The summed E-state index contributed by atoms with van der Waals surface area (Å²) in [5.41, 5.74) is 6.29. The van der Waals surface area contributed by atoms with Crippen molar-refractivity contribution in [1.82, 2.24) is 0 Å². The van der Waals surface area contributed by atoms with Crippen molar-refractivity contribution in [2.45, 2.75) is 25.7 Å². The molecule has 18 heavy (non-hydrogen) atoms. The zero-order chi connectivity index (χ0) is 12.8. The van der Waals surface area contributed by atoms with E-state index in [9.17, 15) is 4.79 Å². The Kier molecular flexibility index (Phi) is 4.48. The van der Waals surface area contributed by atoms with E-state index in [2.05, 4.69) is 0 Å². The minimum Gasteiger partial charge on any atom is -0.330 e. The Morgan fingerprint density at radius 3 is 2.56 bits per heavy atom. The highest BCUT2D eigenvalue weighted by atomic mass is 16.1. The fourth-order valence-corrected chi connectivity index (χ4v) is 2.21. The predicted octanol–water partition coefficient (Wildman–Crippen LogP) is 3.54. The van der Waals surface area contributed by atoms with E-state index in [1.807, 2.05) is 42.5 Å². The molecule has 0 heterocycles. The van der Waals surface area contributed by atoms with E-state index in [1.54, 1.807) is 0 Å². The highest BCUT2D eigenvalue weighted by Gasteiger charge is 2.08. The van der Waals surface area contributed by atoms with Crippen LogP contribution in [0.15, 0.2) is 42.5 Å². The van der Waals surface area contributed by atoms with Crippen LogP contribution in [0.2, 0.25) is 0 Å². The molecule has 0 aliphatic heterocycles. The normalized spacial score (nSPS) is 10.7. The van der Waals surface area contributed by atoms with E-state index in [4.69, 9.17) is 5.73 Å². The zero-order valence-corrected chi connectivity index (χ0v) is 10.6. The van der Waals surface area contributed by atoms with Crippen LogP contribution < -0.4 is 5.73 Å². The van der Waals surface area contributed by atoms with Crippen molar-refractivity contribution < 1.29 is 4.79 Å². The van der Waals surface area contributed by atoms with Gasteiger partial charge in [-0.1, -0.05) is 48.9 Å². The van der Waals surface area contributed by atoms with Gasteiger partial charge in [0.15, 0.2) is 5.78 Å². The number of benzene rings is 2. The van der Waals surface area contributed by atoms with E-state index in [0.29, 0.717) is 13.0 Å². The number of hydrogen-bond acceptors (Lipinski definition) is 2. The molecule has 0 saturated heterocycles. The molecule has 2 rings (SSSR count). The number of fused-ring (bicyclic) bond motifs is 1. The summed E-state index contributed by atoms with van der Waals surface area (Å²) >= 11 is 0. The summed E-state index contributed by atoms with van der Waals surface area (Å²) in [5.74, 6) is 0.240. The third kappa shape index (κ3) is 2.96. The van der Waals surface area contributed by atoms with Crippen molar-refractivity contribution in [2.75, 3.05) is 6.54 Å². The number of ketones is 1. The summed E-state index contributed by atoms with van der Waals surface area (Å²) < 4.78 is 0. The van der Waals surface area contributed by atoms with Gasteiger partial charge in [-0.2, -0.15) is 0 Å². The number of carbonyl (C=O) groups is 1. The molecule has 0 aliphatic carbocycles. The molecule has 0 unspecified atom stereocenters. The van der Waals surface area contributed by atoms with Crippen LogP contribution in [0, 0.1) is 0 Å². The third-order valence-corrected chi connectivity index (χ3v) is 3.20. The summed E-state index contributed by atoms with van der Waals surface area (Å²) in [4.78, 5) is 12.2. The second-order valence-corrected chi connectivity index (χ2v) is 4.55. The Morgan fingerprint density at radius 1 is 0.944 bits per heavy atom. The number of hydrogen-bond donors (Lipinski definition) is 1. The van der Waals surface area contributed by atoms with Gasteiger partial charge in [-0.05, 0) is 30.2 Å². The Labute approximate surface area is 108 Å². The maximum absolute atomic E-state index is 12.2. The van der Waals surface area contributed by atoms with Crippen molar-refractivity contribution >= 4 is 16.6 Å². The van der Waals surface area contributed by atoms with E-state index >= 15 is 0 Å². The van der Waals surface area contributed by atoms with Crippen molar-refractivity contribution in [3.8, 4) is 0 Å². The monoisotopic (exact) mass is 241 g/mol. The standard InChI is InChI=1S/C16H19NO/c17-12-5-1-2-11-16(18)15-10-6-8-13-7-3-4-9-14(13)15/h3-4,6-10H,1-2,5,11-12,17H2. The van der Waals surface area contributed by atoms with Crippen molar-refractivity contribution in [1.29, 1.82) is 0 Å². The summed E-state index contributed by atoms with van der Waals surface area (Å²) in [6.45, 7) is 0.711. The molecule has 0 aliphatic rings. The number of carbonyl (C=O) groups excluding carboxylic acids is 1. The van der Waals surface area contributed by atoms with Gasteiger partial charge in [0, 0.05) is 12.0 Å². The maximum Gasteiger partial charge on any atom is 0.163 e. The van der Waals surface area contributed by atoms with E-state index in [1.165, 1.54) is 0 Å². The van der Waals surface area contributed by atoms with Crippen LogP contribution in [0.1, 0.15) is 36.0 Å². The molecule has 0 fully saturated rings. The molecule has 0 aromatic heterocycles. The SMILES string of the molecule is NCCCCCC(=O)c1cccc2ccccc12. The lowest BCUT2D eigenvalue weighted by molar-refractivity contribution is 0.0981. The van der Waals surface area contributed by atoms with E-state index in [0.717, 1.165) is 35.6 Å². The van der Waals surface area contributed by atoms with Gasteiger partial charge in [-0.25, -0.2) is 0 Å². The number of rotatable bonds is 6. The Bertz CT molecular complexity index is 528. The van der Waals surface area contributed by atoms with Crippen molar-refractivity contribution in [2.24, 2.45) is 5.73 Å². The number of nitrogens with two attached hydrogens (primary N) is 1. The topological polar surface area (TPSA) is 43.1 Å². The van der Waals surface area contributed by atoms with Gasteiger partial charge in [0.1, 0.15) is 0 Å². The maximum atomic E-state index is 12.2. The summed E-state index contributed by atoms with van der Waals surface area (Å²) in [6.07, 6.45) is 3.59. The molecular formula is C16H19NO. The molecule has 0 bridgehead atoms. The van der Waals surface area contributed by atoms with Crippen LogP contribution in [0.3, 0.4) is 0 Å². The first-order valence-electron chi connectivity index (χ1n) is 6.54. The largest absolute Gasteiger partial charge is 0.330 e. The van der Waals surface area contributed by atoms with Gasteiger partial charge in [-0.3, -0.25) is 4.79 Å². The van der Waals surface area contributed by atoms with Gasteiger partial charge >= 0.3 is 0 Å². The number of Topliss-reactive ketones (excluding diaryl/α,β-unsaturated/α-hetero) is 1. The molecule has 2 nitrogen and oxygen atoms in total. The fraction of sp³-hybridized carbons (Fsp3) is 0.312. The van der Waals surface area contributed by atoms with E-state index in [-0.39, 0.29) is 5.78 Å². The van der Waals surface area contributed by atoms with Gasteiger partial charge in [0.2, 0.25) is 0 Å². The van der Waals surface area contributed by atoms with Crippen LogP contribution in [0.25, 0.3) is 10.8 Å². The molecule has 2 heteroatoms. The first-order valence-corrected chi connectivity index (χ1v) is 6.54. The van der Waals surface area contributed by atoms with Gasteiger partial charge in [0.25, 0.3) is 0 Å². The van der Waals surface area contributed by atoms with Crippen molar-refractivity contribution in [3.05, 3.63) is 48.0 Å². The molecule has 0 radical (unpaired) electrons. The smallest absolute Gasteiger partial charge is 0.163 e. The molecule has 2 N–H and O–H groups in total. The molecule has 0 saturated carbocycles. The molecule has 0 spiro atoms. The molecule has 2 aromatic carbocycles. The molecule has 2 aromatic rings. The van der Waals surface area contributed by atoms with Gasteiger partial charge in [-0.15, -0.1) is 0 Å². The Morgan fingerprint density at radius 2 is 1.72 bits per heavy atom. The first kappa shape index (κ1) is 12.8.